The molecule has 144 valence electrons. The monoisotopic (exact) mass is 375 g/mol. The molecule has 5 heteroatoms. The van der Waals surface area contributed by atoms with E-state index in [-0.39, 0.29) is 12.3 Å². The Balaban J connectivity index is 1.31. The van der Waals surface area contributed by atoms with E-state index in [4.69, 9.17) is 4.74 Å². The lowest BCUT2D eigenvalue weighted by Crippen LogP contribution is -2.36. The quantitative estimate of drug-likeness (QED) is 0.786. The summed E-state index contributed by atoms with van der Waals surface area (Å²) in [6, 6.07) is 16.1. The van der Waals surface area contributed by atoms with Crippen LogP contribution in [-0.2, 0) is 24.3 Å². The van der Waals surface area contributed by atoms with Crippen LogP contribution in [0.3, 0.4) is 0 Å². The maximum atomic E-state index is 12.7. The lowest BCUT2D eigenvalue weighted by molar-refractivity contribution is 0.0936. The number of likely N-dealkylation sites (N-methyl/N-ethyl adjacent to an activating group) is 1. The minimum absolute atomic E-state index is 0.0928. The molecule has 4 rings (SSSR count). The molecule has 5 nitrogen and oxygen atoms in total. The van der Waals surface area contributed by atoms with Gasteiger partial charge in [-0.15, -0.1) is 0 Å². The molecule has 2 aromatic rings. The first-order valence-corrected chi connectivity index (χ1v) is 9.59. The van der Waals surface area contributed by atoms with Crippen LogP contribution in [0.15, 0.2) is 72.8 Å². The zero-order valence-electron chi connectivity index (χ0n) is 16.1. The lowest BCUT2D eigenvalue weighted by atomic mass is 9.96. The molecule has 0 spiro atoms. The summed E-state index contributed by atoms with van der Waals surface area (Å²) < 4.78 is 5.77. The van der Waals surface area contributed by atoms with E-state index in [2.05, 4.69) is 23.4 Å². The second-order valence-corrected chi connectivity index (χ2v) is 7.29. The van der Waals surface area contributed by atoms with Crippen LogP contribution in [0, 0.1) is 0 Å². The molecule has 0 aliphatic carbocycles. The number of allylic oxidation sites excluding steroid dienone is 1. The molecule has 0 fully saturated rings. The fourth-order valence-electron chi connectivity index (χ4n) is 3.45. The number of fused-ring (bicyclic) bond motifs is 1. The predicted octanol–water partition coefficient (Wildman–Crippen LogP) is 3.25. The average molecular weight is 375 g/mol. The van der Waals surface area contributed by atoms with Gasteiger partial charge >= 0.3 is 0 Å². The molecule has 0 radical (unpaired) electrons. The number of ether oxygens (including phenoxy) is 1. The van der Waals surface area contributed by atoms with E-state index in [9.17, 15) is 4.79 Å². The Labute approximate surface area is 165 Å². The molecule has 0 unspecified atom stereocenters. The Hall–Kier alpha value is -3.05. The Morgan fingerprint density at radius 2 is 2.00 bits per heavy atom. The Kier molecular flexibility index (Phi) is 5.44. The number of carbonyl (C=O) groups is 1. The SMILES string of the molecule is CN1CCc2ccc(C(=O)CN3C=CC(OCc4ccccc4)=CN3)cc2C1. The molecule has 0 atom stereocenters. The Bertz CT molecular complexity index is 905. The van der Waals surface area contributed by atoms with Crippen molar-refractivity contribution in [2.45, 2.75) is 19.6 Å². The third-order valence-electron chi connectivity index (χ3n) is 5.09. The molecule has 0 aromatic heterocycles. The van der Waals surface area contributed by atoms with Crippen molar-refractivity contribution in [3.05, 3.63) is 95.0 Å². The number of nitrogens with one attached hydrogen (secondary N) is 1. The van der Waals surface area contributed by atoms with Crippen molar-refractivity contribution in [2.24, 2.45) is 0 Å². The van der Waals surface area contributed by atoms with Crippen LogP contribution in [0.5, 0.6) is 0 Å². The van der Waals surface area contributed by atoms with E-state index in [1.54, 1.807) is 11.2 Å². The van der Waals surface area contributed by atoms with Gasteiger partial charge in [0.1, 0.15) is 18.9 Å². The van der Waals surface area contributed by atoms with E-state index < -0.39 is 0 Å². The van der Waals surface area contributed by atoms with Gasteiger partial charge in [-0.2, -0.15) is 0 Å². The lowest BCUT2D eigenvalue weighted by Gasteiger charge is -2.26. The van der Waals surface area contributed by atoms with Crippen molar-refractivity contribution in [3.63, 3.8) is 0 Å². The van der Waals surface area contributed by atoms with Crippen LogP contribution < -0.4 is 5.43 Å². The van der Waals surface area contributed by atoms with Crippen LogP contribution in [-0.4, -0.2) is 35.8 Å². The summed E-state index contributed by atoms with van der Waals surface area (Å²) >= 11 is 0. The smallest absolute Gasteiger partial charge is 0.184 e. The highest BCUT2D eigenvalue weighted by atomic mass is 16.5. The third-order valence-corrected chi connectivity index (χ3v) is 5.09. The van der Waals surface area contributed by atoms with Crippen molar-refractivity contribution in [2.75, 3.05) is 20.1 Å². The first-order valence-electron chi connectivity index (χ1n) is 9.59. The Morgan fingerprint density at radius 1 is 1.14 bits per heavy atom. The van der Waals surface area contributed by atoms with Gasteiger partial charge in [-0.3, -0.25) is 9.80 Å². The molecule has 1 N–H and O–H groups in total. The summed E-state index contributed by atoms with van der Waals surface area (Å²) in [6.45, 7) is 2.77. The summed E-state index contributed by atoms with van der Waals surface area (Å²) in [5.74, 6) is 0.833. The summed E-state index contributed by atoms with van der Waals surface area (Å²) in [5, 5.41) is 1.77. The van der Waals surface area contributed by atoms with Gasteiger partial charge in [0, 0.05) is 24.9 Å². The number of rotatable bonds is 6. The largest absolute Gasteiger partial charge is 0.487 e. The summed E-state index contributed by atoms with van der Waals surface area (Å²) in [5.41, 5.74) is 7.60. The topological polar surface area (TPSA) is 44.8 Å². The molecule has 0 amide bonds. The maximum Gasteiger partial charge on any atom is 0.184 e. The van der Waals surface area contributed by atoms with Crippen molar-refractivity contribution < 1.29 is 9.53 Å². The van der Waals surface area contributed by atoms with Gasteiger partial charge < -0.3 is 15.1 Å². The minimum atomic E-state index is 0.0928. The number of ketones is 1. The van der Waals surface area contributed by atoms with E-state index >= 15 is 0 Å². The third kappa shape index (κ3) is 4.43. The van der Waals surface area contributed by atoms with Crippen molar-refractivity contribution in [3.8, 4) is 0 Å². The number of nitrogens with zero attached hydrogens (tertiary/aromatic N) is 2. The summed E-state index contributed by atoms with van der Waals surface area (Å²) in [4.78, 5) is 15.0. The average Bonchev–Trinajstić information content (AvgIpc) is 2.73. The molecule has 2 aliphatic heterocycles. The molecule has 28 heavy (non-hydrogen) atoms. The van der Waals surface area contributed by atoms with Crippen LogP contribution in [0.2, 0.25) is 0 Å². The number of hydrazine groups is 1. The zero-order chi connectivity index (χ0) is 19.3. The van der Waals surface area contributed by atoms with Crippen LogP contribution in [0.1, 0.15) is 27.0 Å². The van der Waals surface area contributed by atoms with E-state index in [1.165, 1.54) is 11.1 Å². The van der Waals surface area contributed by atoms with Crippen molar-refractivity contribution in [1.29, 1.82) is 0 Å². The second kappa shape index (κ2) is 8.31. The molecule has 0 saturated carbocycles. The van der Waals surface area contributed by atoms with Crippen LogP contribution in [0.4, 0.5) is 0 Å². The number of Topliss-reactive ketones (excluding diaryl/α,β-unsaturated/α-hetero) is 1. The van der Waals surface area contributed by atoms with Crippen molar-refractivity contribution >= 4 is 5.78 Å². The fraction of sp³-hybridized carbons (Fsp3) is 0.261. The number of carbonyl (C=O) groups excluding carboxylic acids is 1. The number of hydrogen-bond donors (Lipinski definition) is 1. The zero-order valence-corrected chi connectivity index (χ0v) is 16.1. The van der Waals surface area contributed by atoms with Crippen LogP contribution in [0.25, 0.3) is 0 Å². The standard InChI is InChI=1S/C23H25N3O2/c1-25-11-9-19-7-8-20(13-21(19)15-25)23(27)16-26-12-10-22(14-24-26)28-17-18-5-3-2-4-6-18/h2-8,10,12-14,24H,9,11,15-17H2,1H3. The van der Waals surface area contributed by atoms with E-state index in [0.717, 1.165) is 36.4 Å². The number of benzene rings is 2. The normalized spacial score (nSPS) is 16.2. The molecule has 2 heterocycles. The maximum absolute atomic E-state index is 12.7. The molecule has 0 bridgehead atoms. The second-order valence-electron chi connectivity index (χ2n) is 7.29. The van der Waals surface area contributed by atoms with Crippen LogP contribution >= 0.6 is 0 Å². The molecular formula is C23H25N3O2. The highest BCUT2D eigenvalue weighted by Crippen LogP contribution is 2.20. The predicted molar refractivity (Wildman–Crippen MR) is 109 cm³/mol. The van der Waals surface area contributed by atoms with Gasteiger partial charge in [-0.05, 0) is 42.3 Å². The van der Waals surface area contributed by atoms with Gasteiger partial charge in [-0.25, -0.2) is 0 Å². The molecular weight excluding hydrogens is 350 g/mol. The summed E-state index contributed by atoms with van der Waals surface area (Å²) in [7, 11) is 2.11. The van der Waals surface area contributed by atoms with Gasteiger partial charge in [0.25, 0.3) is 0 Å². The molecule has 2 aromatic carbocycles. The van der Waals surface area contributed by atoms with E-state index in [0.29, 0.717) is 6.61 Å². The first-order chi connectivity index (χ1) is 13.7. The minimum Gasteiger partial charge on any atom is -0.487 e. The van der Waals surface area contributed by atoms with E-state index in [1.807, 2.05) is 54.7 Å². The highest BCUT2D eigenvalue weighted by Gasteiger charge is 2.17. The van der Waals surface area contributed by atoms with Crippen molar-refractivity contribution in [1.82, 2.24) is 15.3 Å². The van der Waals surface area contributed by atoms with Gasteiger partial charge in [0.2, 0.25) is 0 Å². The first kappa shape index (κ1) is 18.3. The fourth-order valence-corrected chi connectivity index (χ4v) is 3.45. The van der Waals surface area contributed by atoms with Gasteiger partial charge in [-0.1, -0.05) is 42.5 Å². The molecule has 0 saturated heterocycles. The summed E-state index contributed by atoms with van der Waals surface area (Å²) in [6.07, 6.45) is 6.53. The molecule has 2 aliphatic rings. The van der Waals surface area contributed by atoms with Gasteiger partial charge in [0.05, 0.1) is 6.20 Å². The van der Waals surface area contributed by atoms with Gasteiger partial charge in [0.15, 0.2) is 5.78 Å². The number of hydrogen-bond acceptors (Lipinski definition) is 5. The Morgan fingerprint density at radius 3 is 2.79 bits per heavy atom. The highest BCUT2D eigenvalue weighted by molar-refractivity contribution is 5.98.